The summed E-state index contributed by atoms with van der Waals surface area (Å²) in [6.45, 7) is 11.1. The molecule has 27 heavy (non-hydrogen) atoms. The van der Waals surface area contributed by atoms with Crippen LogP contribution in [0.15, 0.2) is 55.6 Å². The van der Waals surface area contributed by atoms with Gasteiger partial charge in [0.2, 0.25) is 0 Å². The Morgan fingerprint density at radius 3 is 2.33 bits per heavy atom. The number of benzene rings is 2. The molecule has 146 valence electrons. The van der Waals surface area contributed by atoms with Gasteiger partial charge in [-0.25, -0.2) is 0 Å². The fourth-order valence-electron chi connectivity index (χ4n) is 3.53. The molecule has 0 saturated carbocycles. The molecule has 1 N–H and O–H groups in total. The summed E-state index contributed by atoms with van der Waals surface area (Å²) in [4.78, 5) is 0. The van der Waals surface area contributed by atoms with Crippen LogP contribution in [-0.4, -0.2) is 6.54 Å². The summed E-state index contributed by atoms with van der Waals surface area (Å²) in [6.07, 6.45) is 15.1. The average molecular weight is 364 g/mol. The van der Waals surface area contributed by atoms with E-state index in [-0.39, 0.29) is 0 Å². The molecule has 0 aliphatic heterocycles. The lowest BCUT2D eigenvalue weighted by Crippen LogP contribution is -2.12. The van der Waals surface area contributed by atoms with E-state index in [0.29, 0.717) is 0 Å². The van der Waals surface area contributed by atoms with Gasteiger partial charge in [-0.15, -0.1) is 6.58 Å². The van der Waals surface area contributed by atoms with Gasteiger partial charge in [-0.1, -0.05) is 94.9 Å². The first-order chi connectivity index (χ1) is 13.2. The molecule has 0 unspecified atom stereocenters. The van der Waals surface area contributed by atoms with Crippen LogP contribution in [0.4, 0.5) is 0 Å². The minimum Gasteiger partial charge on any atom is -0.385 e. The van der Waals surface area contributed by atoms with Crippen LogP contribution >= 0.6 is 0 Å². The van der Waals surface area contributed by atoms with E-state index in [1.807, 2.05) is 6.08 Å². The van der Waals surface area contributed by atoms with E-state index in [1.165, 1.54) is 79.7 Å². The van der Waals surface area contributed by atoms with Gasteiger partial charge in [0.25, 0.3) is 0 Å². The number of hydrogen-bond donors (Lipinski definition) is 1. The zero-order valence-corrected chi connectivity index (χ0v) is 17.2. The van der Waals surface area contributed by atoms with E-state index in [0.717, 1.165) is 18.7 Å². The van der Waals surface area contributed by atoms with Crippen molar-refractivity contribution in [2.24, 2.45) is 0 Å². The quantitative estimate of drug-likeness (QED) is 0.268. The van der Waals surface area contributed by atoms with Crippen LogP contribution < -0.4 is 5.32 Å². The number of rotatable bonds is 14. The third-order valence-corrected chi connectivity index (χ3v) is 5.26. The van der Waals surface area contributed by atoms with E-state index in [1.54, 1.807) is 0 Å². The SMILES string of the molecule is C=CCCNC(=C)c1ccc2ccc(CCCCCCCCCC)cc2c1. The maximum Gasteiger partial charge on any atom is 0.0341 e. The predicted octanol–water partition coefficient (Wildman–Crippen LogP) is 7.66. The fourth-order valence-corrected chi connectivity index (χ4v) is 3.53. The number of fused-ring (bicyclic) bond motifs is 1. The summed E-state index contributed by atoms with van der Waals surface area (Å²) < 4.78 is 0. The van der Waals surface area contributed by atoms with Gasteiger partial charge in [0.15, 0.2) is 0 Å². The Hall–Kier alpha value is -2.02. The summed E-state index contributed by atoms with van der Waals surface area (Å²) in [7, 11) is 0. The molecule has 0 fully saturated rings. The molecule has 0 bridgehead atoms. The molecule has 0 saturated heterocycles. The molecule has 2 rings (SSSR count). The van der Waals surface area contributed by atoms with E-state index in [4.69, 9.17) is 0 Å². The maximum absolute atomic E-state index is 4.18. The average Bonchev–Trinajstić information content (AvgIpc) is 2.69. The number of nitrogens with one attached hydrogen (secondary N) is 1. The zero-order chi connectivity index (χ0) is 19.3. The van der Waals surface area contributed by atoms with Gasteiger partial charge in [-0.2, -0.15) is 0 Å². The normalized spacial score (nSPS) is 10.9. The van der Waals surface area contributed by atoms with Gasteiger partial charge >= 0.3 is 0 Å². The third kappa shape index (κ3) is 7.62. The second-order valence-electron chi connectivity index (χ2n) is 7.60. The zero-order valence-electron chi connectivity index (χ0n) is 17.2. The van der Waals surface area contributed by atoms with Gasteiger partial charge in [0, 0.05) is 12.2 Å². The van der Waals surface area contributed by atoms with Crippen molar-refractivity contribution in [1.82, 2.24) is 5.32 Å². The van der Waals surface area contributed by atoms with Crippen molar-refractivity contribution in [3.63, 3.8) is 0 Å². The minimum atomic E-state index is 0.888. The monoisotopic (exact) mass is 363 g/mol. The van der Waals surface area contributed by atoms with Crippen molar-refractivity contribution in [1.29, 1.82) is 0 Å². The Bertz CT molecular complexity index is 713. The molecule has 0 aliphatic rings. The second kappa shape index (κ2) is 12.4. The molecule has 0 aromatic heterocycles. The highest BCUT2D eigenvalue weighted by Gasteiger charge is 2.02. The Kier molecular flexibility index (Phi) is 9.76. The summed E-state index contributed by atoms with van der Waals surface area (Å²) in [5.74, 6) is 0. The number of hydrogen-bond acceptors (Lipinski definition) is 1. The Morgan fingerprint density at radius 1 is 0.889 bits per heavy atom. The van der Waals surface area contributed by atoms with Crippen LogP contribution in [0.2, 0.25) is 0 Å². The van der Waals surface area contributed by atoms with Crippen molar-refractivity contribution in [2.75, 3.05) is 6.54 Å². The molecule has 2 aromatic carbocycles. The highest BCUT2D eigenvalue weighted by atomic mass is 14.9. The van der Waals surface area contributed by atoms with Crippen molar-refractivity contribution in [2.45, 2.75) is 71.1 Å². The number of unbranched alkanes of at least 4 members (excludes halogenated alkanes) is 7. The summed E-state index contributed by atoms with van der Waals surface area (Å²) >= 11 is 0. The lowest BCUT2D eigenvalue weighted by Gasteiger charge is -2.10. The van der Waals surface area contributed by atoms with E-state index < -0.39 is 0 Å². The van der Waals surface area contributed by atoms with Crippen molar-refractivity contribution in [3.8, 4) is 0 Å². The molecule has 0 spiro atoms. The van der Waals surface area contributed by atoms with Crippen LogP contribution in [0.5, 0.6) is 0 Å². The first-order valence-corrected chi connectivity index (χ1v) is 10.8. The highest BCUT2D eigenvalue weighted by molar-refractivity contribution is 5.86. The lowest BCUT2D eigenvalue weighted by molar-refractivity contribution is 0.575. The minimum absolute atomic E-state index is 0.888. The standard InChI is InChI=1S/C26H37N/c1-4-6-8-9-10-11-12-13-14-23-15-16-24-17-18-25(21-26(24)20-23)22(3)27-19-7-5-2/h5,15-18,20-21,27H,2-4,6-14,19H2,1H3. The largest absolute Gasteiger partial charge is 0.385 e. The van der Waals surface area contributed by atoms with Crippen molar-refractivity contribution >= 4 is 16.5 Å². The predicted molar refractivity (Wildman–Crippen MR) is 122 cm³/mol. The van der Waals surface area contributed by atoms with Gasteiger partial charge in [-0.3, -0.25) is 0 Å². The lowest BCUT2D eigenvalue weighted by atomic mass is 9.99. The molecule has 0 aliphatic carbocycles. The number of aryl methyl sites for hydroxylation is 1. The Balaban J connectivity index is 1.84. The van der Waals surface area contributed by atoms with Gasteiger partial charge in [0.05, 0.1) is 0 Å². The van der Waals surface area contributed by atoms with E-state index in [9.17, 15) is 0 Å². The van der Waals surface area contributed by atoms with E-state index in [2.05, 4.69) is 61.8 Å². The van der Waals surface area contributed by atoms with Gasteiger partial charge in [-0.05, 0) is 47.2 Å². The molecule has 0 heterocycles. The molecule has 2 aromatic rings. The van der Waals surface area contributed by atoms with Crippen LogP contribution in [0, 0.1) is 0 Å². The molecule has 1 nitrogen and oxygen atoms in total. The maximum atomic E-state index is 4.18. The van der Waals surface area contributed by atoms with Gasteiger partial charge < -0.3 is 5.32 Å². The molecular formula is C26H37N. The van der Waals surface area contributed by atoms with Crippen LogP contribution in [-0.2, 0) is 6.42 Å². The smallest absolute Gasteiger partial charge is 0.0341 e. The summed E-state index contributed by atoms with van der Waals surface area (Å²) in [5, 5.41) is 6.00. The second-order valence-corrected chi connectivity index (χ2v) is 7.60. The molecular weight excluding hydrogens is 326 g/mol. The first kappa shape index (κ1) is 21.3. The van der Waals surface area contributed by atoms with Gasteiger partial charge in [0.1, 0.15) is 0 Å². The molecule has 1 heteroatoms. The third-order valence-electron chi connectivity index (χ3n) is 5.26. The Morgan fingerprint density at radius 2 is 1.59 bits per heavy atom. The van der Waals surface area contributed by atoms with E-state index >= 15 is 0 Å². The molecule has 0 radical (unpaired) electrons. The topological polar surface area (TPSA) is 12.0 Å². The van der Waals surface area contributed by atoms with Crippen LogP contribution in [0.1, 0.15) is 75.8 Å². The summed E-state index contributed by atoms with van der Waals surface area (Å²) in [6, 6.07) is 13.5. The highest BCUT2D eigenvalue weighted by Crippen LogP contribution is 2.22. The molecule has 0 atom stereocenters. The fraction of sp³-hybridized carbons (Fsp3) is 0.462. The van der Waals surface area contributed by atoms with Crippen molar-refractivity contribution in [3.05, 3.63) is 66.8 Å². The Labute approximate surface area is 166 Å². The van der Waals surface area contributed by atoms with Crippen LogP contribution in [0.25, 0.3) is 16.5 Å². The van der Waals surface area contributed by atoms with Crippen LogP contribution in [0.3, 0.4) is 0 Å². The molecule has 0 amide bonds. The first-order valence-electron chi connectivity index (χ1n) is 10.8. The summed E-state index contributed by atoms with van der Waals surface area (Å²) in [5.41, 5.74) is 3.62. The van der Waals surface area contributed by atoms with Crippen molar-refractivity contribution < 1.29 is 0 Å².